The zero-order chi connectivity index (χ0) is 22.0. The van der Waals surface area contributed by atoms with Crippen molar-refractivity contribution in [3.05, 3.63) is 18.5 Å². The van der Waals surface area contributed by atoms with Gasteiger partial charge in [-0.05, 0) is 98.9 Å². The third kappa shape index (κ3) is 3.37. The lowest BCUT2D eigenvalue weighted by atomic mass is 9.49. The molecule has 7 heteroatoms. The van der Waals surface area contributed by atoms with E-state index >= 15 is 0 Å². The lowest BCUT2D eigenvalue weighted by Crippen LogP contribution is -2.55. The number of aromatic nitrogens is 2. The summed E-state index contributed by atoms with van der Waals surface area (Å²) in [6.07, 6.45) is 4.88. The molecule has 0 aliphatic heterocycles. The standard InChI is InChI=1S/C24H33F3N2O2/c1-22-9-7-17-16-8-10-23(31,24(25,26)27)13-15(16)3-4-18(17)19(22)5-6-20(22)21(30)14-29-12-2-11-28-29/h2,11-12,15-20,31H,3-10,13-14H2,1H3/t15-,16?,17?,18?,19?,20?,22+,23-/m1/s1. The first-order valence-corrected chi connectivity index (χ1v) is 11.9. The van der Waals surface area contributed by atoms with Crippen molar-refractivity contribution in [3.63, 3.8) is 0 Å². The Morgan fingerprint density at radius 2 is 1.87 bits per heavy atom. The third-order valence-corrected chi connectivity index (χ3v) is 9.80. The van der Waals surface area contributed by atoms with Crippen molar-refractivity contribution in [2.45, 2.75) is 83.0 Å². The smallest absolute Gasteiger partial charge is 0.380 e. The molecule has 4 saturated carbocycles. The van der Waals surface area contributed by atoms with Crippen LogP contribution < -0.4 is 0 Å². The Balaban J connectivity index is 1.30. The molecule has 1 aromatic heterocycles. The molecule has 0 amide bonds. The number of rotatable bonds is 3. The highest BCUT2D eigenvalue weighted by atomic mass is 19.4. The Bertz CT molecular complexity index is 825. The van der Waals surface area contributed by atoms with Crippen molar-refractivity contribution in [2.75, 3.05) is 0 Å². The molecular weight excluding hydrogens is 405 g/mol. The molecule has 1 heterocycles. The zero-order valence-electron chi connectivity index (χ0n) is 18.2. The van der Waals surface area contributed by atoms with Crippen molar-refractivity contribution < 1.29 is 23.1 Å². The van der Waals surface area contributed by atoms with E-state index in [4.69, 9.17) is 0 Å². The maximum absolute atomic E-state index is 13.4. The predicted octanol–water partition coefficient (Wildman–Crippen LogP) is 5.01. The number of halogens is 3. The van der Waals surface area contributed by atoms with Crippen LogP contribution in [0.15, 0.2) is 18.5 Å². The first-order chi connectivity index (χ1) is 14.6. The molecule has 8 atom stereocenters. The number of carbonyl (C=O) groups excluding carboxylic acids is 1. The molecule has 0 saturated heterocycles. The molecule has 0 aromatic carbocycles. The number of hydrogen-bond acceptors (Lipinski definition) is 3. The van der Waals surface area contributed by atoms with E-state index in [0.29, 0.717) is 36.6 Å². The van der Waals surface area contributed by atoms with Crippen LogP contribution in [0.2, 0.25) is 0 Å². The number of carbonyl (C=O) groups is 1. The average Bonchev–Trinajstić information content (AvgIpc) is 3.33. The van der Waals surface area contributed by atoms with Crippen molar-refractivity contribution in [1.29, 1.82) is 0 Å². The molecule has 5 unspecified atom stereocenters. The maximum atomic E-state index is 13.4. The minimum atomic E-state index is -4.53. The number of hydrogen-bond donors (Lipinski definition) is 1. The lowest BCUT2D eigenvalue weighted by molar-refractivity contribution is -0.282. The van der Waals surface area contributed by atoms with Gasteiger partial charge < -0.3 is 5.11 Å². The number of Topliss-reactive ketones (excluding diaryl/α,β-unsaturated/α-hetero) is 1. The second kappa shape index (κ2) is 7.32. The van der Waals surface area contributed by atoms with Crippen LogP contribution in [0.4, 0.5) is 13.2 Å². The van der Waals surface area contributed by atoms with Gasteiger partial charge in [-0.2, -0.15) is 18.3 Å². The van der Waals surface area contributed by atoms with Gasteiger partial charge in [0.1, 0.15) is 0 Å². The Kier molecular flexibility index (Phi) is 5.07. The van der Waals surface area contributed by atoms with Crippen LogP contribution in [0.5, 0.6) is 0 Å². The fraction of sp³-hybridized carbons (Fsp3) is 0.833. The zero-order valence-corrected chi connectivity index (χ0v) is 18.2. The summed E-state index contributed by atoms with van der Waals surface area (Å²) in [6.45, 7) is 2.62. The molecule has 31 heavy (non-hydrogen) atoms. The van der Waals surface area contributed by atoms with Gasteiger partial charge in [-0.15, -0.1) is 0 Å². The van der Waals surface area contributed by atoms with Gasteiger partial charge in [0.2, 0.25) is 0 Å². The van der Waals surface area contributed by atoms with E-state index in [1.54, 1.807) is 10.9 Å². The number of nitrogens with zero attached hydrogens (tertiary/aromatic N) is 2. The molecular formula is C24H33F3N2O2. The first-order valence-electron chi connectivity index (χ1n) is 11.9. The monoisotopic (exact) mass is 438 g/mol. The minimum absolute atomic E-state index is 0.000384. The van der Waals surface area contributed by atoms with E-state index in [9.17, 15) is 23.1 Å². The third-order valence-electron chi connectivity index (χ3n) is 9.80. The van der Waals surface area contributed by atoms with Gasteiger partial charge in [0.05, 0.1) is 6.54 Å². The average molecular weight is 439 g/mol. The predicted molar refractivity (Wildman–Crippen MR) is 109 cm³/mol. The van der Waals surface area contributed by atoms with Crippen LogP contribution in [-0.2, 0) is 11.3 Å². The Morgan fingerprint density at radius 1 is 1.10 bits per heavy atom. The summed E-state index contributed by atoms with van der Waals surface area (Å²) >= 11 is 0. The molecule has 5 rings (SSSR count). The summed E-state index contributed by atoms with van der Waals surface area (Å²) in [4.78, 5) is 13.1. The van der Waals surface area contributed by atoms with E-state index in [1.165, 1.54) is 0 Å². The van der Waals surface area contributed by atoms with Crippen molar-refractivity contribution in [2.24, 2.45) is 40.9 Å². The first kappa shape index (κ1) is 21.5. The van der Waals surface area contributed by atoms with Crippen LogP contribution >= 0.6 is 0 Å². The molecule has 1 aromatic rings. The molecule has 172 valence electrons. The van der Waals surface area contributed by atoms with E-state index in [-0.39, 0.29) is 35.9 Å². The van der Waals surface area contributed by atoms with E-state index in [0.717, 1.165) is 38.5 Å². The highest BCUT2D eigenvalue weighted by Crippen LogP contribution is 2.65. The van der Waals surface area contributed by atoms with Gasteiger partial charge >= 0.3 is 6.18 Å². The van der Waals surface area contributed by atoms with Gasteiger partial charge in [0.25, 0.3) is 0 Å². The topological polar surface area (TPSA) is 55.1 Å². The number of aliphatic hydroxyl groups is 1. The van der Waals surface area contributed by atoms with Gasteiger partial charge in [-0.25, -0.2) is 0 Å². The Hall–Kier alpha value is -1.37. The molecule has 4 fully saturated rings. The fourth-order valence-corrected chi connectivity index (χ4v) is 8.33. The molecule has 4 aliphatic rings. The molecule has 0 radical (unpaired) electrons. The SMILES string of the molecule is C[C@]12CCC3C(CC[C@@H]4C[C@@](O)(C(F)(F)F)CCC34)C1CCC2C(=O)Cn1cccn1. The van der Waals surface area contributed by atoms with Crippen LogP contribution in [0.1, 0.15) is 64.7 Å². The lowest BCUT2D eigenvalue weighted by Gasteiger charge is -2.57. The fourth-order valence-electron chi connectivity index (χ4n) is 8.33. The second-order valence-corrected chi connectivity index (χ2v) is 11.1. The summed E-state index contributed by atoms with van der Waals surface area (Å²) in [5.41, 5.74) is -2.50. The van der Waals surface area contributed by atoms with Crippen LogP contribution in [0, 0.1) is 40.9 Å². The quantitative estimate of drug-likeness (QED) is 0.721. The molecule has 1 N–H and O–H groups in total. The maximum Gasteiger partial charge on any atom is 0.417 e. The van der Waals surface area contributed by atoms with Gasteiger partial charge in [0.15, 0.2) is 11.4 Å². The highest BCUT2D eigenvalue weighted by molar-refractivity contribution is 5.82. The highest BCUT2D eigenvalue weighted by Gasteiger charge is 2.62. The Morgan fingerprint density at radius 3 is 2.58 bits per heavy atom. The van der Waals surface area contributed by atoms with Crippen molar-refractivity contribution in [3.8, 4) is 0 Å². The number of fused-ring (bicyclic) bond motifs is 5. The largest absolute Gasteiger partial charge is 0.417 e. The van der Waals surface area contributed by atoms with Gasteiger partial charge in [-0.3, -0.25) is 9.48 Å². The summed E-state index contributed by atoms with van der Waals surface area (Å²) in [7, 11) is 0. The number of ketones is 1. The molecule has 0 bridgehead atoms. The van der Waals surface area contributed by atoms with Crippen molar-refractivity contribution in [1.82, 2.24) is 9.78 Å². The Labute approximate surface area is 181 Å². The molecule has 4 nitrogen and oxygen atoms in total. The summed E-state index contributed by atoms with van der Waals surface area (Å²) in [5.74, 6) is 2.06. The van der Waals surface area contributed by atoms with Gasteiger partial charge in [0, 0.05) is 18.3 Å². The number of alkyl halides is 3. The van der Waals surface area contributed by atoms with Gasteiger partial charge in [-0.1, -0.05) is 6.92 Å². The van der Waals surface area contributed by atoms with Crippen molar-refractivity contribution >= 4 is 5.78 Å². The molecule has 4 aliphatic carbocycles. The molecule has 0 spiro atoms. The normalized spacial score (nSPS) is 44.9. The van der Waals surface area contributed by atoms with Crippen LogP contribution in [0.3, 0.4) is 0 Å². The second-order valence-electron chi connectivity index (χ2n) is 11.1. The minimum Gasteiger partial charge on any atom is -0.380 e. The van der Waals surface area contributed by atoms with E-state index in [1.807, 2.05) is 12.3 Å². The van der Waals surface area contributed by atoms with E-state index < -0.39 is 11.8 Å². The van der Waals surface area contributed by atoms with E-state index in [2.05, 4.69) is 12.0 Å². The summed E-state index contributed by atoms with van der Waals surface area (Å²) in [5, 5.41) is 14.5. The van der Waals surface area contributed by atoms with Crippen LogP contribution in [-0.4, -0.2) is 32.4 Å². The summed E-state index contributed by atoms with van der Waals surface area (Å²) in [6, 6.07) is 1.83. The summed E-state index contributed by atoms with van der Waals surface area (Å²) < 4.78 is 41.9. The van der Waals surface area contributed by atoms with Crippen LogP contribution in [0.25, 0.3) is 0 Å².